The lowest BCUT2D eigenvalue weighted by molar-refractivity contribution is 0.0730. The van der Waals surface area contributed by atoms with Gasteiger partial charge in [-0.25, -0.2) is 0 Å². The number of nitrogens with zero attached hydrogens (tertiary/aromatic N) is 1. The molecule has 0 radical (unpaired) electrons. The van der Waals surface area contributed by atoms with Crippen molar-refractivity contribution in [2.24, 2.45) is 5.92 Å². The smallest absolute Gasteiger partial charge is 0.289 e. The van der Waals surface area contributed by atoms with Gasteiger partial charge in [0.25, 0.3) is 11.7 Å². The van der Waals surface area contributed by atoms with Crippen molar-refractivity contribution in [3.63, 3.8) is 0 Å². The van der Waals surface area contributed by atoms with Crippen LogP contribution in [0.15, 0.2) is 16.5 Å². The summed E-state index contributed by atoms with van der Waals surface area (Å²) in [5.74, 6) is -2.04. The first-order chi connectivity index (χ1) is 9.47. The molecule has 0 bridgehead atoms. The maximum atomic E-state index is 12.2. The Balaban J connectivity index is 1.93. The Labute approximate surface area is 120 Å². The fraction of sp³-hybridized carbons (Fsp3) is 0.615. The lowest BCUT2D eigenvalue weighted by atomic mass is 10.0. The van der Waals surface area contributed by atoms with E-state index in [9.17, 15) is 18.7 Å². The Bertz CT molecular complexity index is 464. The highest BCUT2D eigenvalue weighted by Crippen LogP contribution is 2.24. The number of hydrogen-bond acceptors (Lipinski definition) is 4. The SMILES string of the molecule is CC(O)C1CCN(C(=O)c2ccc(CSC(F)F)o2)C1. The van der Waals surface area contributed by atoms with Crippen LogP contribution >= 0.6 is 11.8 Å². The molecule has 2 atom stereocenters. The fourth-order valence-corrected chi connectivity index (χ4v) is 2.68. The zero-order valence-electron chi connectivity index (χ0n) is 11.1. The monoisotopic (exact) mass is 305 g/mol. The van der Waals surface area contributed by atoms with Gasteiger partial charge in [0.1, 0.15) is 5.76 Å². The third-order valence-corrected chi connectivity index (χ3v) is 4.12. The summed E-state index contributed by atoms with van der Waals surface area (Å²) in [6.07, 6.45) is 0.320. The van der Waals surface area contributed by atoms with Crippen molar-refractivity contribution in [1.82, 2.24) is 4.90 Å². The van der Waals surface area contributed by atoms with Crippen molar-refractivity contribution >= 4 is 17.7 Å². The predicted octanol–water partition coefficient (Wildman–Crippen LogP) is 2.58. The fourth-order valence-electron chi connectivity index (χ4n) is 2.24. The van der Waals surface area contributed by atoms with E-state index in [4.69, 9.17) is 4.42 Å². The molecule has 1 fully saturated rings. The van der Waals surface area contributed by atoms with Crippen molar-refractivity contribution in [2.45, 2.75) is 31.0 Å². The van der Waals surface area contributed by atoms with Crippen molar-refractivity contribution in [3.8, 4) is 0 Å². The van der Waals surface area contributed by atoms with Gasteiger partial charge in [0, 0.05) is 19.0 Å². The minimum absolute atomic E-state index is 0.0429. The Morgan fingerprint density at radius 2 is 2.35 bits per heavy atom. The molecular formula is C13H17F2NO3S. The zero-order valence-corrected chi connectivity index (χ0v) is 11.9. The molecule has 0 aromatic carbocycles. The van der Waals surface area contributed by atoms with Crippen LogP contribution in [-0.4, -0.2) is 40.9 Å². The van der Waals surface area contributed by atoms with Gasteiger partial charge in [-0.2, -0.15) is 8.78 Å². The topological polar surface area (TPSA) is 53.7 Å². The van der Waals surface area contributed by atoms with Crippen LogP contribution in [0.25, 0.3) is 0 Å². The first-order valence-electron chi connectivity index (χ1n) is 6.43. The van der Waals surface area contributed by atoms with Gasteiger partial charge in [0.2, 0.25) is 0 Å². The first kappa shape index (κ1) is 15.3. The number of rotatable bonds is 5. The number of likely N-dealkylation sites (tertiary alicyclic amines) is 1. The van der Waals surface area contributed by atoms with E-state index in [1.54, 1.807) is 17.9 Å². The third kappa shape index (κ3) is 3.73. The van der Waals surface area contributed by atoms with Crippen LogP contribution in [0.5, 0.6) is 0 Å². The number of amides is 1. The molecule has 1 aromatic rings. The molecule has 2 heterocycles. The van der Waals surface area contributed by atoms with Crippen molar-refractivity contribution < 1.29 is 23.1 Å². The van der Waals surface area contributed by atoms with E-state index in [2.05, 4.69) is 0 Å². The van der Waals surface area contributed by atoms with Gasteiger partial charge >= 0.3 is 0 Å². The first-order valence-corrected chi connectivity index (χ1v) is 7.48. The van der Waals surface area contributed by atoms with Gasteiger partial charge in [-0.15, -0.1) is 0 Å². The summed E-state index contributed by atoms with van der Waals surface area (Å²) in [5, 5.41) is 9.51. The second-order valence-electron chi connectivity index (χ2n) is 4.88. The second kappa shape index (κ2) is 6.58. The molecule has 1 aliphatic rings. The lowest BCUT2D eigenvalue weighted by Crippen LogP contribution is -2.30. The number of aliphatic hydroxyl groups is 1. The van der Waals surface area contributed by atoms with Crippen LogP contribution in [0, 0.1) is 5.92 Å². The largest absolute Gasteiger partial charge is 0.455 e. The maximum Gasteiger partial charge on any atom is 0.289 e. The highest BCUT2D eigenvalue weighted by molar-refractivity contribution is 7.98. The van der Waals surface area contributed by atoms with Crippen LogP contribution < -0.4 is 0 Å². The predicted molar refractivity (Wildman–Crippen MR) is 71.7 cm³/mol. The van der Waals surface area contributed by atoms with Crippen LogP contribution in [-0.2, 0) is 5.75 Å². The van der Waals surface area contributed by atoms with E-state index in [0.29, 0.717) is 30.6 Å². The average molecular weight is 305 g/mol. The molecule has 112 valence electrons. The van der Waals surface area contributed by atoms with Crippen LogP contribution in [0.3, 0.4) is 0 Å². The molecular weight excluding hydrogens is 288 g/mol. The molecule has 1 aromatic heterocycles. The standard InChI is InChI=1S/C13H17F2NO3S/c1-8(17)9-4-5-16(6-9)12(18)11-3-2-10(19-11)7-20-13(14)15/h2-3,8-9,13,17H,4-7H2,1H3. The minimum atomic E-state index is -2.45. The summed E-state index contributed by atoms with van der Waals surface area (Å²) in [6.45, 7) is 2.79. The summed E-state index contributed by atoms with van der Waals surface area (Å²) in [7, 11) is 0. The number of aliphatic hydroxyl groups excluding tert-OH is 1. The van der Waals surface area contributed by atoms with Gasteiger partial charge in [-0.05, 0) is 25.5 Å². The van der Waals surface area contributed by atoms with E-state index in [1.165, 1.54) is 6.07 Å². The number of hydrogen-bond donors (Lipinski definition) is 1. The quantitative estimate of drug-likeness (QED) is 0.908. The average Bonchev–Trinajstić information content (AvgIpc) is 3.05. The van der Waals surface area contributed by atoms with Crippen molar-refractivity contribution in [3.05, 3.63) is 23.7 Å². The molecule has 7 heteroatoms. The minimum Gasteiger partial charge on any atom is -0.455 e. The molecule has 1 saturated heterocycles. The summed E-state index contributed by atoms with van der Waals surface area (Å²) >= 11 is 0.461. The molecule has 1 N–H and O–H groups in total. The Morgan fingerprint density at radius 1 is 1.60 bits per heavy atom. The van der Waals surface area contributed by atoms with Crippen LogP contribution in [0.2, 0.25) is 0 Å². The lowest BCUT2D eigenvalue weighted by Gasteiger charge is -2.16. The Hall–Kier alpha value is -1.08. The second-order valence-corrected chi connectivity index (χ2v) is 5.86. The molecule has 1 amide bonds. The summed E-state index contributed by atoms with van der Waals surface area (Å²) in [5.41, 5.74) is 0. The van der Waals surface area contributed by atoms with Gasteiger partial charge in [-0.1, -0.05) is 11.8 Å². The van der Waals surface area contributed by atoms with E-state index in [0.717, 1.165) is 6.42 Å². The van der Waals surface area contributed by atoms with Gasteiger partial charge < -0.3 is 14.4 Å². The van der Waals surface area contributed by atoms with Gasteiger partial charge in [-0.3, -0.25) is 4.79 Å². The number of carbonyl (C=O) groups is 1. The number of thioether (sulfide) groups is 1. The molecule has 0 saturated carbocycles. The van der Waals surface area contributed by atoms with Crippen LogP contribution in [0.4, 0.5) is 8.78 Å². The molecule has 20 heavy (non-hydrogen) atoms. The molecule has 0 aliphatic carbocycles. The van der Waals surface area contributed by atoms with Gasteiger partial charge in [0.05, 0.1) is 11.9 Å². The van der Waals surface area contributed by atoms with E-state index >= 15 is 0 Å². The summed E-state index contributed by atoms with van der Waals surface area (Å²) in [6, 6.07) is 3.06. The maximum absolute atomic E-state index is 12.2. The molecule has 2 rings (SSSR count). The van der Waals surface area contributed by atoms with Crippen molar-refractivity contribution in [2.75, 3.05) is 13.1 Å². The molecule has 1 aliphatic heterocycles. The molecule has 2 unspecified atom stereocenters. The van der Waals surface area contributed by atoms with Crippen molar-refractivity contribution in [1.29, 1.82) is 0 Å². The summed E-state index contributed by atoms with van der Waals surface area (Å²) in [4.78, 5) is 13.8. The van der Waals surface area contributed by atoms with E-state index < -0.39 is 11.9 Å². The number of alkyl halides is 2. The number of halogens is 2. The molecule has 4 nitrogen and oxygen atoms in total. The Kier molecular flexibility index (Phi) is 5.04. The van der Waals surface area contributed by atoms with Gasteiger partial charge in [0.15, 0.2) is 5.76 Å². The highest BCUT2D eigenvalue weighted by atomic mass is 32.2. The highest BCUT2D eigenvalue weighted by Gasteiger charge is 2.30. The molecule has 0 spiro atoms. The summed E-state index contributed by atoms with van der Waals surface area (Å²) < 4.78 is 29.4. The Morgan fingerprint density at radius 3 is 2.95 bits per heavy atom. The number of furan rings is 1. The van der Waals surface area contributed by atoms with E-state index in [-0.39, 0.29) is 23.3 Å². The zero-order chi connectivity index (χ0) is 14.7. The van der Waals surface area contributed by atoms with E-state index in [1.807, 2.05) is 0 Å². The number of carbonyl (C=O) groups excluding carboxylic acids is 1. The van der Waals surface area contributed by atoms with Crippen LogP contribution in [0.1, 0.15) is 29.7 Å². The third-order valence-electron chi connectivity index (χ3n) is 3.42. The normalized spacial score (nSPS) is 20.6.